The summed E-state index contributed by atoms with van der Waals surface area (Å²) in [4.78, 5) is 0. The van der Waals surface area contributed by atoms with Crippen LogP contribution in [0.2, 0.25) is 5.02 Å². The zero-order valence-corrected chi connectivity index (χ0v) is 12.1. The Balaban J connectivity index is 1.97. The van der Waals surface area contributed by atoms with E-state index < -0.39 is 17.4 Å². The summed E-state index contributed by atoms with van der Waals surface area (Å²) in [7, 11) is 0. The lowest BCUT2D eigenvalue weighted by atomic mass is 10.3. The van der Waals surface area contributed by atoms with Crippen molar-refractivity contribution < 1.29 is 22.0 Å². The van der Waals surface area contributed by atoms with Gasteiger partial charge in [-0.1, -0.05) is 23.4 Å². The topological polar surface area (TPSA) is 25.2 Å². The molecule has 0 radical (unpaired) electrons. The molecule has 0 aliphatic rings. The fourth-order valence-corrected chi connectivity index (χ4v) is 2.33. The van der Waals surface area contributed by atoms with Gasteiger partial charge in [0.25, 0.3) is 5.76 Å². The summed E-state index contributed by atoms with van der Waals surface area (Å²) < 4.78 is 55.8. The quantitative estimate of drug-likeness (QED) is 0.725. The van der Waals surface area contributed by atoms with E-state index in [-0.39, 0.29) is 23.0 Å². The SMILES string of the molecule is Fc1cc(F)c(NCc2ccc(CSC(F)F)o2)c(Cl)c1. The van der Waals surface area contributed by atoms with E-state index in [4.69, 9.17) is 16.0 Å². The van der Waals surface area contributed by atoms with Crippen LogP contribution in [0, 0.1) is 11.6 Å². The molecule has 1 heterocycles. The van der Waals surface area contributed by atoms with Gasteiger partial charge in [0.2, 0.25) is 0 Å². The summed E-state index contributed by atoms with van der Waals surface area (Å²) in [5, 5.41) is 2.59. The van der Waals surface area contributed by atoms with Crippen LogP contribution in [0.15, 0.2) is 28.7 Å². The zero-order chi connectivity index (χ0) is 15.4. The van der Waals surface area contributed by atoms with Crippen LogP contribution in [0.3, 0.4) is 0 Å². The van der Waals surface area contributed by atoms with Gasteiger partial charge < -0.3 is 9.73 Å². The second-order valence-electron chi connectivity index (χ2n) is 4.04. The van der Waals surface area contributed by atoms with Crippen molar-refractivity contribution >= 4 is 29.1 Å². The molecule has 0 atom stereocenters. The largest absolute Gasteiger partial charge is 0.463 e. The molecule has 0 saturated carbocycles. The van der Waals surface area contributed by atoms with Gasteiger partial charge in [0.05, 0.1) is 23.0 Å². The Kier molecular flexibility index (Phi) is 5.41. The number of hydrogen-bond donors (Lipinski definition) is 1. The van der Waals surface area contributed by atoms with Gasteiger partial charge in [-0.2, -0.15) is 8.78 Å². The minimum Gasteiger partial charge on any atom is -0.463 e. The monoisotopic (exact) mass is 339 g/mol. The molecular formula is C13H10ClF4NOS. The molecule has 2 nitrogen and oxygen atoms in total. The van der Waals surface area contributed by atoms with Crippen molar-refractivity contribution in [1.29, 1.82) is 0 Å². The molecule has 0 spiro atoms. The van der Waals surface area contributed by atoms with Crippen LogP contribution in [-0.4, -0.2) is 5.76 Å². The van der Waals surface area contributed by atoms with E-state index in [0.29, 0.717) is 29.3 Å². The molecule has 2 rings (SSSR count). The Hall–Kier alpha value is -1.34. The highest BCUT2D eigenvalue weighted by Gasteiger charge is 2.11. The van der Waals surface area contributed by atoms with Crippen LogP contribution < -0.4 is 5.32 Å². The first-order valence-electron chi connectivity index (χ1n) is 5.81. The van der Waals surface area contributed by atoms with Gasteiger partial charge in [-0.3, -0.25) is 0 Å². The lowest BCUT2D eigenvalue weighted by Gasteiger charge is -2.08. The number of rotatable bonds is 6. The molecule has 0 unspecified atom stereocenters. The van der Waals surface area contributed by atoms with Gasteiger partial charge in [0, 0.05) is 6.07 Å². The first kappa shape index (κ1) is 16.0. The number of thioether (sulfide) groups is 1. The molecule has 21 heavy (non-hydrogen) atoms. The van der Waals surface area contributed by atoms with E-state index in [1.54, 1.807) is 12.1 Å². The third kappa shape index (κ3) is 4.57. The van der Waals surface area contributed by atoms with Crippen LogP contribution in [-0.2, 0) is 12.3 Å². The highest BCUT2D eigenvalue weighted by atomic mass is 35.5. The Labute approximate surface area is 127 Å². The van der Waals surface area contributed by atoms with Gasteiger partial charge in [0.15, 0.2) is 5.82 Å². The normalized spacial score (nSPS) is 11.1. The molecule has 1 N–H and O–H groups in total. The molecule has 8 heteroatoms. The summed E-state index contributed by atoms with van der Waals surface area (Å²) in [6.07, 6.45) is 0. The van der Waals surface area contributed by atoms with Crippen molar-refractivity contribution in [3.63, 3.8) is 0 Å². The number of benzene rings is 1. The number of nitrogens with one attached hydrogen (secondary N) is 1. The summed E-state index contributed by atoms with van der Waals surface area (Å²) in [6.45, 7) is 0.0988. The Bertz CT molecular complexity index is 597. The van der Waals surface area contributed by atoms with Gasteiger partial charge >= 0.3 is 0 Å². The molecule has 0 saturated heterocycles. The van der Waals surface area contributed by atoms with Crippen molar-refractivity contribution in [3.8, 4) is 0 Å². The van der Waals surface area contributed by atoms with E-state index in [2.05, 4.69) is 5.32 Å². The third-order valence-corrected chi connectivity index (χ3v) is 3.52. The van der Waals surface area contributed by atoms with Crippen molar-refractivity contribution in [2.45, 2.75) is 18.1 Å². The first-order valence-corrected chi connectivity index (χ1v) is 7.24. The number of hydrogen-bond acceptors (Lipinski definition) is 3. The predicted molar refractivity (Wildman–Crippen MR) is 74.7 cm³/mol. The Morgan fingerprint density at radius 3 is 2.57 bits per heavy atom. The van der Waals surface area contributed by atoms with Crippen LogP contribution in [0.5, 0.6) is 0 Å². The van der Waals surface area contributed by atoms with Crippen LogP contribution in [0.25, 0.3) is 0 Å². The van der Waals surface area contributed by atoms with Gasteiger partial charge in [-0.25, -0.2) is 8.78 Å². The van der Waals surface area contributed by atoms with Crippen molar-refractivity contribution in [2.24, 2.45) is 0 Å². The number of furan rings is 1. The van der Waals surface area contributed by atoms with E-state index >= 15 is 0 Å². The van der Waals surface area contributed by atoms with Crippen molar-refractivity contribution in [1.82, 2.24) is 0 Å². The maximum atomic E-state index is 13.5. The molecule has 0 aliphatic heterocycles. The molecule has 0 amide bonds. The fraction of sp³-hybridized carbons (Fsp3) is 0.231. The maximum absolute atomic E-state index is 13.5. The molecule has 0 aliphatic carbocycles. The molecule has 1 aromatic carbocycles. The van der Waals surface area contributed by atoms with Gasteiger partial charge in [-0.05, 0) is 18.2 Å². The maximum Gasteiger partial charge on any atom is 0.284 e. The lowest BCUT2D eigenvalue weighted by molar-refractivity contribution is 0.251. The fourth-order valence-electron chi connectivity index (χ4n) is 1.63. The summed E-state index contributed by atoms with van der Waals surface area (Å²) >= 11 is 6.18. The van der Waals surface area contributed by atoms with Crippen LogP contribution in [0.1, 0.15) is 11.5 Å². The zero-order valence-electron chi connectivity index (χ0n) is 10.5. The first-order chi connectivity index (χ1) is 9.95. The number of halogens is 5. The smallest absolute Gasteiger partial charge is 0.284 e. The molecule has 114 valence electrons. The van der Waals surface area contributed by atoms with Crippen LogP contribution in [0.4, 0.5) is 23.2 Å². The lowest BCUT2D eigenvalue weighted by Crippen LogP contribution is -2.02. The van der Waals surface area contributed by atoms with Crippen LogP contribution >= 0.6 is 23.4 Å². The van der Waals surface area contributed by atoms with E-state index in [9.17, 15) is 17.6 Å². The summed E-state index contributed by atoms with van der Waals surface area (Å²) in [5.74, 6) is -3.19. The summed E-state index contributed by atoms with van der Waals surface area (Å²) in [6, 6.07) is 4.85. The highest BCUT2D eigenvalue weighted by Crippen LogP contribution is 2.27. The predicted octanol–water partition coefficient (Wildman–Crippen LogP) is 5.28. The van der Waals surface area contributed by atoms with Gasteiger partial charge in [0.1, 0.15) is 17.3 Å². The second-order valence-corrected chi connectivity index (χ2v) is 5.42. The Morgan fingerprint density at radius 2 is 1.90 bits per heavy atom. The minimum absolute atomic E-state index is 0.0435. The molecule has 1 aromatic heterocycles. The van der Waals surface area contributed by atoms with Gasteiger partial charge in [-0.15, -0.1) is 0 Å². The highest BCUT2D eigenvalue weighted by molar-refractivity contribution is 7.98. The van der Waals surface area contributed by atoms with E-state index in [1.165, 1.54) is 0 Å². The molecule has 2 aromatic rings. The molecule has 0 fully saturated rings. The second kappa shape index (κ2) is 7.09. The average Bonchev–Trinajstić information content (AvgIpc) is 2.83. The molecular weight excluding hydrogens is 330 g/mol. The average molecular weight is 340 g/mol. The standard InChI is InChI=1S/C13H10ClF4NOS/c14-10-3-7(15)4-11(16)12(10)19-5-8-1-2-9(20-8)6-21-13(17)18/h1-4,13,19H,5-6H2. The van der Waals surface area contributed by atoms with E-state index in [0.717, 1.165) is 6.07 Å². The summed E-state index contributed by atoms with van der Waals surface area (Å²) in [5.41, 5.74) is -0.0435. The van der Waals surface area contributed by atoms with Crippen molar-refractivity contribution in [3.05, 3.63) is 52.4 Å². The Morgan fingerprint density at radius 1 is 1.19 bits per heavy atom. The number of anilines is 1. The minimum atomic E-state index is -2.47. The van der Waals surface area contributed by atoms with E-state index in [1.807, 2.05) is 0 Å². The third-order valence-electron chi connectivity index (χ3n) is 2.52. The van der Waals surface area contributed by atoms with Crippen molar-refractivity contribution in [2.75, 3.05) is 5.32 Å². The molecule has 0 bridgehead atoms. The number of alkyl halides is 2.